The average Bonchev–Trinajstić information content (AvgIpc) is 2.53. The Morgan fingerprint density at radius 1 is 1.04 bits per heavy atom. The standard InChI is InChI=1S/C16H15F3N2O3S/c1-11(22)21(16-14(18)3-2-4-15(16)19)10-9-20-25(23,24)13-7-5-12(17)6-8-13/h2-8,20H,9-10H2,1H3. The topological polar surface area (TPSA) is 66.5 Å². The van der Waals surface area contributed by atoms with Crippen LogP contribution in [0, 0.1) is 17.5 Å². The maximum absolute atomic E-state index is 13.8. The summed E-state index contributed by atoms with van der Waals surface area (Å²) in [4.78, 5) is 12.3. The van der Waals surface area contributed by atoms with Crippen molar-refractivity contribution in [1.82, 2.24) is 4.72 Å². The number of carbonyl (C=O) groups excluding carboxylic acids is 1. The fourth-order valence-corrected chi connectivity index (χ4v) is 3.18. The molecule has 2 aromatic carbocycles. The van der Waals surface area contributed by atoms with Crippen LogP contribution in [0.2, 0.25) is 0 Å². The van der Waals surface area contributed by atoms with Crippen molar-refractivity contribution in [3.05, 3.63) is 59.9 Å². The molecular weight excluding hydrogens is 357 g/mol. The summed E-state index contributed by atoms with van der Waals surface area (Å²) in [6.07, 6.45) is 0. The summed E-state index contributed by atoms with van der Waals surface area (Å²) < 4.78 is 66.8. The van der Waals surface area contributed by atoms with Gasteiger partial charge < -0.3 is 4.90 Å². The first kappa shape index (κ1) is 18.9. The zero-order valence-corrected chi connectivity index (χ0v) is 14.0. The van der Waals surface area contributed by atoms with Gasteiger partial charge in [0.25, 0.3) is 0 Å². The molecule has 0 fully saturated rings. The van der Waals surface area contributed by atoms with Crippen molar-refractivity contribution in [2.45, 2.75) is 11.8 Å². The molecule has 0 bridgehead atoms. The van der Waals surface area contributed by atoms with Crippen molar-refractivity contribution in [1.29, 1.82) is 0 Å². The van der Waals surface area contributed by atoms with Crippen molar-refractivity contribution in [2.24, 2.45) is 0 Å². The van der Waals surface area contributed by atoms with Crippen molar-refractivity contribution < 1.29 is 26.4 Å². The van der Waals surface area contributed by atoms with Crippen LogP contribution in [0.3, 0.4) is 0 Å². The molecule has 2 aromatic rings. The quantitative estimate of drug-likeness (QED) is 0.847. The number of amides is 1. The molecule has 0 aliphatic carbocycles. The van der Waals surface area contributed by atoms with Crippen LogP contribution in [-0.4, -0.2) is 27.4 Å². The third-order valence-electron chi connectivity index (χ3n) is 3.34. The van der Waals surface area contributed by atoms with Crippen molar-refractivity contribution in [2.75, 3.05) is 18.0 Å². The van der Waals surface area contributed by atoms with Crippen LogP contribution < -0.4 is 9.62 Å². The highest BCUT2D eigenvalue weighted by Gasteiger charge is 2.21. The Bertz CT molecular complexity index is 850. The summed E-state index contributed by atoms with van der Waals surface area (Å²) in [6.45, 7) is 0.543. The Morgan fingerprint density at radius 2 is 1.60 bits per heavy atom. The summed E-state index contributed by atoms with van der Waals surface area (Å²) in [5.41, 5.74) is -0.545. The number of para-hydroxylation sites is 1. The molecule has 2 rings (SSSR count). The van der Waals surface area contributed by atoms with Crippen LogP contribution in [-0.2, 0) is 14.8 Å². The van der Waals surface area contributed by atoms with E-state index in [9.17, 15) is 26.4 Å². The summed E-state index contributed by atoms with van der Waals surface area (Å²) in [5.74, 6) is -3.10. The molecule has 1 amide bonds. The number of halogens is 3. The van der Waals surface area contributed by atoms with Gasteiger partial charge in [-0.3, -0.25) is 4.79 Å². The second kappa shape index (κ2) is 7.66. The minimum absolute atomic E-state index is 0.166. The van der Waals surface area contributed by atoms with Gasteiger partial charge in [0.15, 0.2) is 0 Å². The summed E-state index contributed by atoms with van der Waals surface area (Å²) in [5, 5.41) is 0. The third-order valence-corrected chi connectivity index (χ3v) is 4.82. The van der Waals surface area contributed by atoms with Crippen LogP contribution >= 0.6 is 0 Å². The van der Waals surface area contributed by atoms with E-state index < -0.39 is 39.1 Å². The molecule has 9 heteroatoms. The van der Waals surface area contributed by atoms with E-state index in [1.807, 2.05) is 0 Å². The van der Waals surface area contributed by atoms with Gasteiger partial charge >= 0.3 is 0 Å². The summed E-state index contributed by atoms with van der Waals surface area (Å²) in [6, 6.07) is 7.29. The van der Waals surface area contributed by atoms with Gasteiger partial charge in [0.1, 0.15) is 23.1 Å². The first-order chi connectivity index (χ1) is 11.7. The number of nitrogens with one attached hydrogen (secondary N) is 1. The normalized spacial score (nSPS) is 11.4. The van der Waals surface area contributed by atoms with E-state index in [1.54, 1.807) is 0 Å². The zero-order valence-electron chi connectivity index (χ0n) is 13.2. The number of hydrogen-bond acceptors (Lipinski definition) is 3. The molecule has 0 saturated carbocycles. The van der Waals surface area contributed by atoms with Gasteiger partial charge in [-0.2, -0.15) is 0 Å². The van der Waals surface area contributed by atoms with Crippen molar-refractivity contribution >= 4 is 21.6 Å². The van der Waals surface area contributed by atoms with Crippen LogP contribution in [0.15, 0.2) is 47.4 Å². The molecule has 0 spiro atoms. The second-order valence-corrected chi connectivity index (χ2v) is 6.86. The van der Waals surface area contributed by atoms with E-state index in [4.69, 9.17) is 0 Å². The predicted molar refractivity (Wildman–Crippen MR) is 86.0 cm³/mol. The summed E-state index contributed by atoms with van der Waals surface area (Å²) in [7, 11) is -3.94. The molecule has 0 saturated heterocycles. The Labute approximate surface area is 143 Å². The van der Waals surface area contributed by atoms with Gasteiger partial charge in [-0.15, -0.1) is 0 Å². The van der Waals surface area contributed by atoms with Gasteiger partial charge in [-0.25, -0.2) is 26.3 Å². The van der Waals surface area contributed by atoms with E-state index >= 15 is 0 Å². The Morgan fingerprint density at radius 3 is 2.12 bits per heavy atom. The van der Waals surface area contributed by atoms with E-state index in [-0.39, 0.29) is 18.0 Å². The maximum Gasteiger partial charge on any atom is 0.240 e. The van der Waals surface area contributed by atoms with Gasteiger partial charge in [0.2, 0.25) is 15.9 Å². The minimum Gasteiger partial charge on any atom is -0.306 e. The lowest BCUT2D eigenvalue weighted by Crippen LogP contribution is -2.38. The average molecular weight is 372 g/mol. The van der Waals surface area contributed by atoms with E-state index in [2.05, 4.69) is 4.72 Å². The number of carbonyl (C=O) groups is 1. The maximum atomic E-state index is 13.8. The smallest absolute Gasteiger partial charge is 0.240 e. The van der Waals surface area contributed by atoms with Gasteiger partial charge in [0, 0.05) is 20.0 Å². The number of hydrogen-bond donors (Lipinski definition) is 1. The van der Waals surface area contributed by atoms with E-state index in [1.165, 1.54) is 0 Å². The molecule has 134 valence electrons. The zero-order chi connectivity index (χ0) is 18.6. The van der Waals surface area contributed by atoms with Crippen LogP contribution in [0.4, 0.5) is 18.9 Å². The van der Waals surface area contributed by atoms with Gasteiger partial charge in [-0.1, -0.05) is 6.07 Å². The highest BCUT2D eigenvalue weighted by molar-refractivity contribution is 7.89. The number of nitrogens with zero attached hydrogens (tertiary/aromatic N) is 1. The molecule has 0 atom stereocenters. The Balaban J connectivity index is 2.12. The molecule has 5 nitrogen and oxygen atoms in total. The molecule has 1 N–H and O–H groups in total. The third kappa shape index (κ3) is 4.58. The van der Waals surface area contributed by atoms with Gasteiger partial charge in [0.05, 0.1) is 4.90 Å². The van der Waals surface area contributed by atoms with Crippen molar-refractivity contribution in [3.63, 3.8) is 0 Å². The number of anilines is 1. The van der Waals surface area contributed by atoms with Crippen LogP contribution in [0.25, 0.3) is 0 Å². The van der Waals surface area contributed by atoms with Crippen molar-refractivity contribution in [3.8, 4) is 0 Å². The monoisotopic (exact) mass is 372 g/mol. The molecule has 0 radical (unpaired) electrons. The molecule has 25 heavy (non-hydrogen) atoms. The molecule has 0 unspecified atom stereocenters. The SMILES string of the molecule is CC(=O)N(CCNS(=O)(=O)c1ccc(F)cc1)c1c(F)cccc1F. The molecule has 0 aliphatic rings. The number of benzene rings is 2. The summed E-state index contributed by atoms with van der Waals surface area (Å²) >= 11 is 0. The fourth-order valence-electron chi connectivity index (χ4n) is 2.16. The lowest BCUT2D eigenvalue weighted by Gasteiger charge is -2.22. The van der Waals surface area contributed by atoms with Crippen LogP contribution in [0.5, 0.6) is 0 Å². The number of sulfonamides is 1. The lowest BCUT2D eigenvalue weighted by molar-refractivity contribution is -0.116. The first-order valence-electron chi connectivity index (χ1n) is 7.20. The minimum atomic E-state index is -3.94. The highest BCUT2D eigenvalue weighted by atomic mass is 32.2. The Hall–Kier alpha value is -2.39. The first-order valence-corrected chi connectivity index (χ1v) is 8.68. The van der Waals surface area contributed by atoms with Gasteiger partial charge in [-0.05, 0) is 36.4 Å². The highest BCUT2D eigenvalue weighted by Crippen LogP contribution is 2.23. The Kier molecular flexibility index (Phi) is 5.81. The fraction of sp³-hybridized carbons (Fsp3) is 0.188. The lowest BCUT2D eigenvalue weighted by atomic mass is 10.2. The molecule has 0 heterocycles. The largest absolute Gasteiger partial charge is 0.306 e. The molecule has 0 aromatic heterocycles. The van der Waals surface area contributed by atoms with Crippen LogP contribution in [0.1, 0.15) is 6.92 Å². The molecule has 0 aliphatic heterocycles. The molecular formula is C16H15F3N2O3S. The predicted octanol–water partition coefficient (Wildman–Crippen LogP) is 2.44. The van der Waals surface area contributed by atoms with E-state index in [0.717, 1.165) is 54.3 Å². The number of rotatable bonds is 6. The second-order valence-electron chi connectivity index (χ2n) is 5.09. The van der Waals surface area contributed by atoms with E-state index in [0.29, 0.717) is 0 Å².